The fraction of sp³-hybridized carbons (Fsp3) is 0.455. The summed E-state index contributed by atoms with van der Waals surface area (Å²) in [6.45, 7) is 1.81. The molecule has 90 valence electrons. The highest BCUT2D eigenvalue weighted by molar-refractivity contribution is 7.99. The molecule has 1 saturated heterocycles. The van der Waals surface area contributed by atoms with Crippen LogP contribution in [0, 0.1) is 11.6 Å². The number of benzene rings is 1. The summed E-state index contributed by atoms with van der Waals surface area (Å²) < 4.78 is 26.5. The van der Waals surface area contributed by atoms with Crippen LogP contribution < -0.4 is 5.32 Å². The number of rotatable bonds is 1. The summed E-state index contributed by atoms with van der Waals surface area (Å²) in [6, 6.07) is 3.69. The summed E-state index contributed by atoms with van der Waals surface area (Å²) >= 11 is 1.69. The van der Waals surface area contributed by atoms with E-state index in [9.17, 15) is 8.78 Å². The Bertz CT molecular complexity index is 341. The van der Waals surface area contributed by atoms with Crippen LogP contribution in [0.5, 0.6) is 0 Å². The molecule has 1 aliphatic rings. The van der Waals surface area contributed by atoms with Crippen molar-refractivity contribution in [2.45, 2.75) is 11.7 Å². The zero-order chi connectivity index (χ0) is 10.7. The zero-order valence-corrected chi connectivity index (χ0v) is 10.3. The number of hydrogen-bond donors (Lipinski definition) is 1. The fourth-order valence-corrected chi connectivity index (χ4v) is 2.91. The predicted octanol–water partition coefficient (Wildman–Crippen LogP) is 3.15. The number of nitrogens with one attached hydrogen (secondary N) is 1. The van der Waals surface area contributed by atoms with Crippen LogP contribution >= 0.6 is 24.2 Å². The van der Waals surface area contributed by atoms with Crippen molar-refractivity contribution in [3.63, 3.8) is 0 Å². The van der Waals surface area contributed by atoms with Gasteiger partial charge < -0.3 is 5.32 Å². The molecule has 1 nitrogen and oxygen atoms in total. The monoisotopic (exact) mass is 265 g/mol. The van der Waals surface area contributed by atoms with E-state index in [1.54, 1.807) is 11.8 Å². The molecule has 2 rings (SSSR count). The molecule has 0 saturated carbocycles. The predicted molar refractivity (Wildman–Crippen MR) is 66.3 cm³/mol. The quantitative estimate of drug-likeness (QED) is 0.837. The van der Waals surface area contributed by atoms with Crippen molar-refractivity contribution >= 4 is 24.2 Å². The zero-order valence-electron chi connectivity index (χ0n) is 8.71. The van der Waals surface area contributed by atoms with E-state index in [4.69, 9.17) is 0 Å². The lowest BCUT2D eigenvalue weighted by Gasteiger charge is -2.14. The first kappa shape index (κ1) is 13.7. The summed E-state index contributed by atoms with van der Waals surface area (Å²) in [5.74, 6) is 0.292. The molecule has 0 spiro atoms. The molecule has 1 atom stereocenters. The minimum Gasteiger partial charge on any atom is -0.316 e. The molecule has 0 aliphatic carbocycles. The maximum atomic E-state index is 13.5. The molecule has 1 N–H and O–H groups in total. The lowest BCUT2D eigenvalue weighted by molar-refractivity contribution is 0.576. The van der Waals surface area contributed by atoms with Crippen LogP contribution in [0.25, 0.3) is 0 Å². The van der Waals surface area contributed by atoms with Crippen molar-refractivity contribution in [1.82, 2.24) is 5.32 Å². The Kier molecular flexibility index (Phi) is 5.52. The third-order valence-corrected chi connectivity index (χ3v) is 3.82. The van der Waals surface area contributed by atoms with Crippen LogP contribution in [0.15, 0.2) is 18.2 Å². The Balaban J connectivity index is 0.00000128. The summed E-state index contributed by atoms with van der Waals surface area (Å²) in [5.41, 5.74) is 0.503. The summed E-state index contributed by atoms with van der Waals surface area (Å²) in [4.78, 5) is 0. The molecular weight excluding hydrogens is 252 g/mol. The van der Waals surface area contributed by atoms with Crippen molar-refractivity contribution in [3.05, 3.63) is 35.4 Å². The first-order chi connectivity index (χ1) is 7.27. The van der Waals surface area contributed by atoms with Gasteiger partial charge in [0.1, 0.15) is 11.6 Å². The van der Waals surface area contributed by atoms with Gasteiger partial charge in [-0.15, -0.1) is 12.4 Å². The molecule has 0 amide bonds. The van der Waals surface area contributed by atoms with Crippen LogP contribution in [-0.4, -0.2) is 18.8 Å². The largest absolute Gasteiger partial charge is 0.316 e. The molecule has 1 aliphatic heterocycles. The highest BCUT2D eigenvalue weighted by atomic mass is 35.5. The third-order valence-electron chi connectivity index (χ3n) is 2.49. The normalized spacial score (nSPS) is 21.0. The second-order valence-corrected chi connectivity index (χ2v) is 4.87. The maximum Gasteiger partial charge on any atom is 0.127 e. The van der Waals surface area contributed by atoms with Crippen LogP contribution in [-0.2, 0) is 0 Å². The Morgan fingerprint density at radius 3 is 2.88 bits per heavy atom. The summed E-state index contributed by atoms with van der Waals surface area (Å²) in [6.07, 6.45) is 0.852. The maximum absolute atomic E-state index is 13.5. The van der Waals surface area contributed by atoms with Crippen molar-refractivity contribution in [1.29, 1.82) is 0 Å². The van der Waals surface area contributed by atoms with E-state index >= 15 is 0 Å². The second-order valence-electron chi connectivity index (χ2n) is 3.56. The van der Waals surface area contributed by atoms with E-state index in [2.05, 4.69) is 5.32 Å². The molecule has 1 aromatic rings. The molecule has 1 heterocycles. The lowest BCUT2D eigenvalue weighted by Crippen LogP contribution is -2.15. The molecular formula is C11H14ClF2NS. The Morgan fingerprint density at radius 2 is 2.06 bits per heavy atom. The van der Waals surface area contributed by atoms with Gasteiger partial charge in [-0.2, -0.15) is 11.8 Å². The van der Waals surface area contributed by atoms with E-state index in [1.165, 1.54) is 18.2 Å². The van der Waals surface area contributed by atoms with Crippen LogP contribution in [0.1, 0.15) is 17.2 Å². The van der Waals surface area contributed by atoms with Gasteiger partial charge in [0.15, 0.2) is 0 Å². The third kappa shape index (κ3) is 3.34. The Morgan fingerprint density at radius 1 is 1.25 bits per heavy atom. The van der Waals surface area contributed by atoms with Gasteiger partial charge in [-0.3, -0.25) is 0 Å². The highest BCUT2D eigenvalue weighted by Crippen LogP contribution is 2.34. The summed E-state index contributed by atoms with van der Waals surface area (Å²) in [7, 11) is 0. The van der Waals surface area contributed by atoms with Gasteiger partial charge in [0.2, 0.25) is 0 Å². The standard InChI is InChI=1S/C11H13F2NS.ClH/c12-8-1-2-10(13)9(7-8)11-3-4-14-5-6-15-11;/h1-2,7,11,14H,3-6H2;1H. The number of halogens is 3. The molecule has 1 aromatic carbocycles. The Labute approximate surface area is 104 Å². The van der Waals surface area contributed by atoms with Gasteiger partial charge in [-0.25, -0.2) is 8.78 Å². The van der Waals surface area contributed by atoms with Crippen LogP contribution in [0.3, 0.4) is 0 Å². The topological polar surface area (TPSA) is 12.0 Å². The van der Waals surface area contributed by atoms with Crippen molar-refractivity contribution in [3.8, 4) is 0 Å². The lowest BCUT2D eigenvalue weighted by atomic mass is 10.1. The minimum atomic E-state index is -0.357. The van der Waals surface area contributed by atoms with Gasteiger partial charge in [0.25, 0.3) is 0 Å². The van der Waals surface area contributed by atoms with Crippen molar-refractivity contribution in [2.75, 3.05) is 18.8 Å². The van der Waals surface area contributed by atoms with Gasteiger partial charge in [0, 0.05) is 23.1 Å². The first-order valence-corrected chi connectivity index (χ1v) is 6.09. The molecule has 0 bridgehead atoms. The van der Waals surface area contributed by atoms with Crippen molar-refractivity contribution < 1.29 is 8.78 Å². The van der Waals surface area contributed by atoms with Gasteiger partial charge in [-0.1, -0.05) is 0 Å². The van der Waals surface area contributed by atoms with E-state index in [-0.39, 0.29) is 29.3 Å². The van der Waals surface area contributed by atoms with Crippen LogP contribution in [0.2, 0.25) is 0 Å². The highest BCUT2D eigenvalue weighted by Gasteiger charge is 2.18. The molecule has 1 unspecified atom stereocenters. The number of thioether (sulfide) groups is 1. The molecule has 5 heteroatoms. The Hall–Kier alpha value is -0.320. The first-order valence-electron chi connectivity index (χ1n) is 5.04. The van der Waals surface area contributed by atoms with E-state index in [0.717, 1.165) is 25.3 Å². The van der Waals surface area contributed by atoms with Gasteiger partial charge in [0.05, 0.1) is 0 Å². The van der Waals surface area contributed by atoms with Gasteiger partial charge >= 0.3 is 0 Å². The van der Waals surface area contributed by atoms with Crippen LogP contribution in [0.4, 0.5) is 8.78 Å². The minimum absolute atomic E-state index is 0. The molecule has 1 fully saturated rings. The SMILES string of the molecule is Cl.Fc1ccc(F)c(C2CCNCCS2)c1. The van der Waals surface area contributed by atoms with E-state index < -0.39 is 0 Å². The fourth-order valence-electron chi connectivity index (χ4n) is 1.72. The second kappa shape index (κ2) is 6.42. The molecule has 16 heavy (non-hydrogen) atoms. The average molecular weight is 266 g/mol. The molecule has 0 radical (unpaired) electrons. The van der Waals surface area contributed by atoms with E-state index in [0.29, 0.717) is 5.56 Å². The van der Waals surface area contributed by atoms with E-state index in [1.807, 2.05) is 0 Å². The molecule has 0 aromatic heterocycles. The number of hydrogen-bond acceptors (Lipinski definition) is 2. The van der Waals surface area contributed by atoms with Gasteiger partial charge in [-0.05, 0) is 31.2 Å². The van der Waals surface area contributed by atoms with Crippen molar-refractivity contribution in [2.24, 2.45) is 0 Å². The average Bonchev–Trinajstić information content (AvgIpc) is 2.50. The summed E-state index contributed by atoms with van der Waals surface area (Å²) in [5, 5.41) is 3.32. The smallest absolute Gasteiger partial charge is 0.127 e.